The summed E-state index contributed by atoms with van der Waals surface area (Å²) in [6.45, 7) is 4.02. The highest BCUT2D eigenvalue weighted by Gasteiger charge is 2.35. The van der Waals surface area contributed by atoms with Crippen LogP contribution >= 0.6 is 0 Å². The van der Waals surface area contributed by atoms with Crippen LogP contribution in [0.1, 0.15) is 35.7 Å². The van der Waals surface area contributed by atoms with Gasteiger partial charge in [-0.2, -0.15) is 0 Å². The van der Waals surface area contributed by atoms with Crippen molar-refractivity contribution in [3.05, 3.63) is 104 Å². The van der Waals surface area contributed by atoms with Gasteiger partial charge < -0.3 is 14.3 Å². The molecule has 6 rings (SSSR count). The van der Waals surface area contributed by atoms with E-state index in [1.807, 2.05) is 43.3 Å². The van der Waals surface area contributed by atoms with Crippen LogP contribution in [0.3, 0.4) is 0 Å². The van der Waals surface area contributed by atoms with Crippen molar-refractivity contribution < 1.29 is 4.42 Å². The van der Waals surface area contributed by atoms with E-state index in [2.05, 4.69) is 41.1 Å². The molecule has 0 aliphatic carbocycles. The molecule has 1 aliphatic rings. The van der Waals surface area contributed by atoms with Gasteiger partial charge in [0, 0.05) is 14.1 Å². The van der Waals surface area contributed by atoms with Crippen molar-refractivity contribution in [3.63, 3.8) is 0 Å². The molecule has 1 atom stereocenters. The molecule has 0 saturated carbocycles. The predicted octanol–water partition coefficient (Wildman–Crippen LogP) is 4.67. The lowest BCUT2D eigenvalue weighted by Gasteiger charge is -2.29. The summed E-state index contributed by atoms with van der Waals surface area (Å²) in [5.74, 6) is 1.52. The maximum absolute atomic E-state index is 13.7. The third kappa shape index (κ3) is 2.97. The second-order valence-electron chi connectivity index (χ2n) is 9.09. The van der Waals surface area contributed by atoms with E-state index in [0.717, 1.165) is 46.3 Å². The molecular formula is C28H26N4O3. The first-order valence-electron chi connectivity index (χ1n) is 11.8. The van der Waals surface area contributed by atoms with Crippen molar-refractivity contribution in [1.82, 2.24) is 13.7 Å². The van der Waals surface area contributed by atoms with Crippen LogP contribution in [0.2, 0.25) is 0 Å². The minimum Gasteiger partial charge on any atom is -0.464 e. The Morgan fingerprint density at radius 2 is 1.69 bits per heavy atom. The predicted molar refractivity (Wildman–Crippen MR) is 137 cm³/mol. The van der Waals surface area contributed by atoms with Crippen molar-refractivity contribution in [3.8, 4) is 16.9 Å². The average Bonchev–Trinajstić information content (AvgIpc) is 3.48. The van der Waals surface area contributed by atoms with E-state index in [-0.39, 0.29) is 17.3 Å². The molecule has 7 heteroatoms. The summed E-state index contributed by atoms with van der Waals surface area (Å²) >= 11 is 0. The van der Waals surface area contributed by atoms with E-state index in [1.165, 1.54) is 17.2 Å². The van der Waals surface area contributed by atoms with Gasteiger partial charge in [-0.15, -0.1) is 0 Å². The number of aromatic nitrogens is 3. The van der Waals surface area contributed by atoms with E-state index >= 15 is 0 Å². The number of nitrogens with zero attached hydrogens (tertiary/aromatic N) is 3. The van der Waals surface area contributed by atoms with Crippen LogP contribution in [0, 0.1) is 6.92 Å². The van der Waals surface area contributed by atoms with Gasteiger partial charge in [0.15, 0.2) is 0 Å². The first-order valence-corrected chi connectivity index (χ1v) is 11.8. The number of benzene rings is 2. The van der Waals surface area contributed by atoms with Crippen molar-refractivity contribution >= 4 is 16.6 Å². The third-order valence-corrected chi connectivity index (χ3v) is 7.01. The second-order valence-corrected chi connectivity index (χ2v) is 9.09. The lowest BCUT2D eigenvalue weighted by atomic mass is 10.1. The van der Waals surface area contributed by atoms with E-state index in [4.69, 9.17) is 4.42 Å². The molecule has 7 nitrogen and oxygen atoms in total. The molecule has 0 fully saturated rings. The molecule has 5 aromatic rings. The maximum atomic E-state index is 13.7. The highest BCUT2D eigenvalue weighted by atomic mass is 16.3. The van der Waals surface area contributed by atoms with Crippen LogP contribution in [0.15, 0.2) is 74.7 Å². The SMILES string of the molecule is CCc1ccc(-c2c3c(=O)n(C)c(=O)n(C)c3c3n2-c2ccccc2NC3c2ccc(C)o2)cc1. The summed E-state index contributed by atoms with van der Waals surface area (Å²) in [5, 5.41) is 4.11. The van der Waals surface area contributed by atoms with Crippen LogP contribution in [-0.2, 0) is 20.5 Å². The number of aryl methyl sites for hydroxylation is 3. The summed E-state index contributed by atoms with van der Waals surface area (Å²) in [6.07, 6.45) is 0.927. The van der Waals surface area contributed by atoms with Gasteiger partial charge in [-0.25, -0.2) is 4.79 Å². The van der Waals surface area contributed by atoms with Crippen molar-refractivity contribution in [2.45, 2.75) is 26.3 Å². The first kappa shape index (κ1) is 21.3. The second kappa shape index (κ2) is 7.63. The number of fused-ring (bicyclic) bond motifs is 5. The number of anilines is 1. The molecule has 0 saturated heterocycles. The molecule has 0 amide bonds. The van der Waals surface area contributed by atoms with Crippen molar-refractivity contribution in [2.24, 2.45) is 14.1 Å². The molecule has 35 heavy (non-hydrogen) atoms. The monoisotopic (exact) mass is 466 g/mol. The Kier molecular flexibility index (Phi) is 4.64. The molecular weight excluding hydrogens is 440 g/mol. The maximum Gasteiger partial charge on any atom is 0.331 e. The Morgan fingerprint density at radius 1 is 0.943 bits per heavy atom. The van der Waals surface area contributed by atoms with Gasteiger partial charge in [-0.1, -0.05) is 43.3 Å². The zero-order valence-corrected chi connectivity index (χ0v) is 20.1. The Bertz CT molecular complexity index is 1730. The Labute approximate surface area is 201 Å². The standard InChI is InChI=1S/C28H26N4O3/c1-5-17-11-13-18(14-12-17)24-22-25(30(3)28(34)31(4)27(22)33)26-23(21-15-10-16(2)35-21)29-19-8-6-7-9-20(19)32(24)26/h6-15,23,29H,5H2,1-4H3. The topological polar surface area (TPSA) is 74.1 Å². The first-order chi connectivity index (χ1) is 16.9. The number of hydrogen-bond acceptors (Lipinski definition) is 4. The lowest BCUT2D eigenvalue weighted by Crippen LogP contribution is -2.37. The zero-order chi connectivity index (χ0) is 24.4. The van der Waals surface area contributed by atoms with E-state index in [0.29, 0.717) is 10.9 Å². The molecule has 0 bridgehead atoms. The Hall–Kier alpha value is -4.26. The molecule has 1 unspecified atom stereocenters. The minimum atomic E-state index is -0.387. The normalized spacial score (nSPS) is 14.6. The quantitative estimate of drug-likeness (QED) is 0.419. The molecule has 0 spiro atoms. The van der Waals surface area contributed by atoms with Crippen molar-refractivity contribution in [1.29, 1.82) is 0 Å². The van der Waals surface area contributed by atoms with E-state index < -0.39 is 0 Å². The van der Waals surface area contributed by atoms with Gasteiger partial charge in [0.2, 0.25) is 0 Å². The van der Waals surface area contributed by atoms with Gasteiger partial charge >= 0.3 is 5.69 Å². The third-order valence-electron chi connectivity index (χ3n) is 7.01. The number of rotatable bonds is 3. The van der Waals surface area contributed by atoms with Gasteiger partial charge in [0.25, 0.3) is 5.56 Å². The summed E-state index contributed by atoms with van der Waals surface area (Å²) in [5.41, 5.74) is 5.48. The number of nitrogens with one attached hydrogen (secondary N) is 1. The minimum absolute atomic E-state index is 0.313. The highest BCUT2D eigenvalue weighted by molar-refractivity contribution is 5.99. The molecule has 1 N–H and O–H groups in total. The van der Waals surface area contributed by atoms with Gasteiger partial charge in [0.05, 0.1) is 33.7 Å². The van der Waals surface area contributed by atoms with Crippen LogP contribution in [0.25, 0.3) is 27.8 Å². The van der Waals surface area contributed by atoms with Crippen molar-refractivity contribution in [2.75, 3.05) is 5.32 Å². The summed E-state index contributed by atoms with van der Waals surface area (Å²) < 4.78 is 11.0. The zero-order valence-electron chi connectivity index (χ0n) is 20.1. The average molecular weight is 467 g/mol. The summed E-state index contributed by atoms with van der Waals surface area (Å²) in [4.78, 5) is 26.8. The Balaban J connectivity index is 1.84. The van der Waals surface area contributed by atoms with Crippen LogP contribution in [-0.4, -0.2) is 13.7 Å². The molecule has 2 aromatic carbocycles. The number of para-hydroxylation sites is 2. The molecule has 1 aliphatic heterocycles. The summed E-state index contributed by atoms with van der Waals surface area (Å²) in [7, 11) is 3.25. The van der Waals surface area contributed by atoms with Gasteiger partial charge in [0.1, 0.15) is 17.6 Å². The number of hydrogen-bond donors (Lipinski definition) is 1. The fourth-order valence-corrected chi connectivity index (χ4v) is 5.21. The fourth-order valence-electron chi connectivity index (χ4n) is 5.21. The van der Waals surface area contributed by atoms with Crippen LogP contribution in [0.5, 0.6) is 0 Å². The number of furan rings is 1. The summed E-state index contributed by atoms with van der Waals surface area (Å²) in [6, 6.07) is 19.8. The highest BCUT2D eigenvalue weighted by Crippen LogP contribution is 2.45. The smallest absolute Gasteiger partial charge is 0.331 e. The largest absolute Gasteiger partial charge is 0.464 e. The molecule has 0 radical (unpaired) electrons. The van der Waals surface area contributed by atoms with Gasteiger partial charge in [-0.05, 0) is 48.7 Å². The molecule has 4 heterocycles. The van der Waals surface area contributed by atoms with E-state index in [1.54, 1.807) is 11.6 Å². The Morgan fingerprint density at radius 3 is 2.37 bits per heavy atom. The van der Waals surface area contributed by atoms with Crippen LogP contribution < -0.4 is 16.6 Å². The van der Waals surface area contributed by atoms with Gasteiger partial charge in [-0.3, -0.25) is 13.9 Å². The molecule has 3 aromatic heterocycles. The van der Waals surface area contributed by atoms with Crippen LogP contribution in [0.4, 0.5) is 5.69 Å². The fraction of sp³-hybridized carbons (Fsp3) is 0.214. The van der Waals surface area contributed by atoms with E-state index in [9.17, 15) is 9.59 Å². The molecule has 176 valence electrons. The lowest BCUT2D eigenvalue weighted by molar-refractivity contribution is 0.469.